The molecule has 4 rings (SSSR count). The van der Waals surface area contributed by atoms with Gasteiger partial charge in [-0.15, -0.1) is 5.10 Å². The van der Waals surface area contributed by atoms with Crippen LogP contribution in [0.2, 0.25) is 0 Å². The van der Waals surface area contributed by atoms with Gasteiger partial charge in [-0.25, -0.2) is 4.68 Å². The molecule has 3 atom stereocenters. The number of ether oxygens (including phenoxy) is 2. The molecule has 0 bridgehead atoms. The zero-order valence-electron chi connectivity index (χ0n) is 12.5. The van der Waals surface area contributed by atoms with Gasteiger partial charge in [-0.3, -0.25) is 4.79 Å². The van der Waals surface area contributed by atoms with Gasteiger partial charge in [0, 0.05) is 24.6 Å². The number of benzene rings is 1. The van der Waals surface area contributed by atoms with Gasteiger partial charge in [0.25, 0.3) is 5.91 Å². The summed E-state index contributed by atoms with van der Waals surface area (Å²) in [5, 5.41) is 14.0. The number of nitrogens with one attached hydrogen (secondary N) is 1. The fourth-order valence-corrected chi connectivity index (χ4v) is 3.16. The molecule has 1 aromatic carbocycles. The van der Waals surface area contributed by atoms with Gasteiger partial charge in [0.2, 0.25) is 0 Å². The Morgan fingerprint density at radius 1 is 1.48 bits per heavy atom. The summed E-state index contributed by atoms with van der Waals surface area (Å²) >= 11 is 0. The smallest absolute Gasteiger partial charge is 0.258 e. The molecule has 1 aliphatic carbocycles. The first kappa shape index (κ1) is 14.1. The minimum atomic E-state index is -0.104. The van der Waals surface area contributed by atoms with Crippen molar-refractivity contribution in [2.24, 2.45) is 5.92 Å². The second kappa shape index (κ2) is 5.96. The lowest BCUT2D eigenvalue weighted by Gasteiger charge is -2.39. The van der Waals surface area contributed by atoms with E-state index in [0.29, 0.717) is 17.8 Å². The highest BCUT2D eigenvalue weighted by Crippen LogP contribution is 2.38. The summed E-state index contributed by atoms with van der Waals surface area (Å²) in [6.07, 6.45) is 3.78. The molecule has 8 nitrogen and oxygen atoms in total. The SMILES string of the molecule is O=C(COc1cccc(-n2cnnn2)c1)NC1CC2OCCC12. The molecule has 2 aromatic rings. The predicted molar refractivity (Wildman–Crippen MR) is 79.0 cm³/mol. The Morgan fingerprint density at radius 2 is 2.43 bits per heavy atom. The molecule has 120 valence electrons. The van der Waals surface area contributed by atoms with Crippen LogP contribution in [0.25, 0.3) is 5.69 Å². The van der Waals surface area contributed by atoms with Crippen LogP contribution in [0.15, 0.2) is 30.6 Å². The summed E-state index contributed by atoms with van der Waals surface area (Å²) in [7, 11) is 0. The van der Waals surface area contributed by atoms with E-state index in [1.807, 2.05) is 12.1 Å². The predicted octanol–water partition coefficient (Wildman–Crippen LogP) is 0.335. The Kier molecular flexibility index (Phi) is 3.66. The highest BCUT2D eigenvalue weighted by molar-refractivity contribution is 5.78. The van der Waals surface area contributed by atoms with Crippen molar-refractivity contribution in [1.29, 1.82) is 0 Å². The lowest BCUT2D eigenvalue weighted by molar-refractivity contribution is -0.126. The van der Waals surface area contributed by atoms with E-state index in [0.717, 1.165) is 25.1 Å². The van der Waals surface area contributed by atoms with E-state index in [1.165, 1.54) is 11.0 Å². The number of nitrogens with zero attached hydrogens (tertiary/aromatic N) is 4. The average Bonchev–Trinajstić information content (AvgIpc) is 3.20. The minimum Gasteiger partial charge on any atom is -0.484 e. The van der Waals surface area contributed by atoms with E-state index < -0.39 is 0 Å². The summed E-state index contributed by atoms with van der Waals surface area (Å²) in [5.41, 5.74) is 0.776. The number of tetrazole rings is 1. The molecule has 23 heavy (non-hydrogen) atoms. The van der Waals surface area contributed by atoms with Crippen LogP contribution in [0.5, 0.6) is 5.75 Å². The number of aromatic nitrogens is 4. The number of hydrogen-bond donors (Lipinski definition) is 1. The van der Waals surface area contributed by atoms with Gasteiger partial charge in [-0.05, 0) is 35.4 Å². The second-order valence-electron chi connectivity index (χ2n) is 5.81. The van der Waals surface area contributed by atoms with Crippen molar-refractivity contribution >= 4 is 5.91 Å². The van der Waals surface area contributed by atoms with Crippen molar-refractivity contribution in [1.82, 2.24) is 25.5 Å². The van der Waals surface area contributed by atoms with Crippen molar-refractivity contribution in [2.45, 2.75) is 25.0 Å². The zero-order valence-corrected chi connectivity index (χ0v) is 12.5. The number of carbonyl (C=O) groups excluding carboxylic acids is 1. The molecule has 2 heterocycles. The third-order valence-corrected chi connectivity index (χ3v) is 4.41. The summed E-state index contributed by atoms with van der Waals surface area (Å²) in [6, 6.07) is 7.50. The molecule has 2 fully saturated rings. The van der Waals surface area contributed by atoms with Crippen LogP contribution in [-0.2, 0) is 9.53 Å². The highest BCUT2D eigenvalue weighted by Gasteiger charge is 2.45. The zero-order chi connectivity index (χ0) is 15.6. The van der Waals surface area contributed by atoms with Gasteiger partial charge < -0.3 is 14.8 Å². The normalized spacial score (nSPS) is 25.5. The number of fused-ring (bicyclic) bond motifs is 1. The van der Waals surface area contributed by atoms with E-state index in [2.05, 4.69) is 20.8 Å². The van der Waals surface area contributed by atoms with Crippen molar-refractivity contribution in [3.05, 3.63) is 30.6 Å². The molecule has 2 aliphatic rings. The fourth-order valence-electron chi connectivity index (χ4n) is 3.16. The van der Waals surface area contributed by atoms with Crippen LogP contribution in [0.4, 0.5) is 0 Å². The topological polar surface area (TPSA) is 91.2 Å². The van der Waals surface area contributed by atoms with Crippen LogP contribution < -0.4 is 10.1 Å². The largest absolute Gasteiger partial charge is 0.484 e. The van der Waals surface area contributed by atoms with Crippen LogP contribution in [0, 0.1) is 5.92 Å². The minimum absolute atomic E-state index is 0.00615. The number of hydrogen-bond acceptors (Lipinski definition) is 6. The molecule has 0 radical (unpaired) electrons. The highest BCUT2D eigenvalue weighted by atomic mass is 16.5. The van der Waals surface area contributed by atoms with E-state index >= 15 is 0 Å². The van der Waals surface area contributed by atoms with Crippen LogP contribution >= 0.6 is 0 Å². The van der Waals surface area contributed by atoms with Crippen molar-refractivity contribution in [3.63, 3.8) is 0 Å². The van der Waals surface area contributed by atoms with Crippen molar-refractivity contribution in [3.8, 4) is 11.4 Å². The Balaban J connectivity index is 1.30. The van der Waals surface area contributed by atoms with Crippen LogP contribution in [0.1, 0.15) is 12.8 Å². The van der Waals surface area contributed by atoms with Gasteiger partial charge in [-0.2, -0.15) is 0 Å². The molecule has 1 saturated carbocycles. The Hall–Kier alpha value is -2.48. The molecule has 1 amide bonds. The van der Waals surface area contributed by atoms with E-state index in [4.69, 9.17) is 9.47 Å². The maximum Gasteiger partial charge on any atom is 0.258 e. The van der Waals surface area contributed by atoms with Crippen molar-refractivity contribution in [2.75, 3.05) is 13.2 Å². The number of carbonyl (C=O) groups is 1. The van der Waals surface area contributed by atoms with Gasteiger partial charge in [0.1, 0.15) is 12.1 Å². The molecular formula is C15H17N5O3. The Bertz CT molecular complexity index is 690. The van der Waals surface area contributed by atoms with E-state index in [-0.39, 0.29) is 18.6 Å². The summed E-state index contributed by atoms with van der Waals surface area (Å²) in [6.45, 7) is 0.802. The molecule has 0 spiro atoms. The first-order chi connectivity index (χ1) is 11.3. The quantitative estimate of drug-likeness (QED) is 0.855. The molecule has 1 aliphatic heterocycles. The van der Waals surface area contributed by atoms with Gasteiger partial charge in [0.05, 0.1) is 11.8 Å². The molecular weight excluding hydrogens is 298 g/mol. The molecule has 3 unspecified atom stereocenters. The summed E-state index contributed by atoms with van der Waals surface area (Å²) in [5.74, 6) is 0.971. The lowest BCUT2D eigenvalue weighted by atomic mass is 9.76. The third kappa shape index (κ3) is 2.89. The van der Waals surface area contributed by atoms with Gasteiger partial charge in [0.15, 0.2) is 6.61 Å². The lowest BCUT2D eigenvalue weighted by Crippen LogP contribution is -2.54. The maximum atomic E-state index is 12.0. The second-order valence-corrected chi connectivity index (χ2v) is 5.81. The molecule has 1 saturated heterocycles. The standard InChI is InChI=1S/C15H17N5O3/c21-15(17-13-7-14-12(13)4-5-22-14)8-23-11-3-1-2-10(6-11)20-9-16-18-19-20/h1-3,6,9,12-14H,4-5,7-8H2,(H,17,21). The molecule has 1 aromatic heterocycles. The summed E-state index contributed by atoms with van der Waals surface area (Å²) in [4.78, 5) is 12.0. The van der Waals surface area contributed by atoms with Crippen LogP contribution in [0.3, 0.4) is 0 Å². The fraction of sp³-hybridized carbons (Fsp3) is 0.467. The third-order valence-electron chi connectivity index (χ3n) is 4.41. The maximum absolute atomic E-state index is 12.0. The van der Waals surface area contributed by atoms with Gasteiger partial charge >= 0.3 is 0 Å². The Morgan fingerprint density at radius 3 is 3.26 bits per heavy atom. The van der Waals surface area contributed by atoms with Gasteiger partial charge in [-0.1, -0.05) is 6.07 Å². The summed E-state index contributed by atoms with van der Waals surface area (Å²) < 4.78 is 12.6. The monoisotopic (exact) mass is 315 g/mol. The molecule has 8 heteroatoms. The average molecular weight is 315 g/mol. The molecule has 1 N–H and O–H groups in total. The van der Waals surface area contributed by atoms with E-state index in [1.54, 1.807) is 12.1 Å². The Labute approximate surface area is 132 Å². The number of rotatable bonds is 5. The van der Waals surface area contributed by atoms with Crippen LogP contribution in [-0.4, -0.2) is 51.5 Å². The first-order valence-corrected chi connectivity index (χ1v) is 7.67. The van der Waals surface area contributed by atoms with E-state index in [9.17, 15) is 4.79 Å². The first-order valence-electron chi connectivity index (χ1n) is 7.67. The van der Waals surface area contributed by atoms with Crippen molar-refractivity contribution < 1.29 is 14.3 Å². The number of amides is 1.